The molecular weight excluding hydrogens is 423 g/mol. The van der Waals surface area contributed by atoms with Crippen LogP contribution in [0.2, 0.25) is 0 Å². The third kappa shape index (κ3) is 4.55. The van der Waals surface area contributed by atoms with Crippen molar-refractivity contribution in [1.82, 2.24) is 0 Å². The molecule has 8 heteroatoms. The van der Waals surface area contributed by atoms with Gasteiger partial charge in [0.25, 0.3) is 0 Å². The van der Waals surface area contributed by atoms with Crippen molar-refractivity contribution in [3.63, 3.8) is 0 Å². The minimum atomic E-state index is -4.98. The van der Waals surface area contributed by atoms with Gasteiger partial charge in [0.2, 0.25) is 9.84 Å². The Kier molecular flexibility index (Phi) is 6.58. The molecule has 0 aromatic heterocycles. The second-order valence-corrected chi connectivity index (χ2v) is 10.1. The van der Waals surface area contributed by atoms with Crippen LogP contribution in [0.3, 0.4) is 0 Å². The Morgan fingerprint density at radius 3 is 1.77 bits per heavy atom. The normalized spacial score (nSPS) is 14.0. The average molecular weight is 444 g/mol. The van der Waals surface area contributed by atoms with Crippen molar-refractivity contribution in [1.29, 1.82) is 0 Å². The summed E-state index contributed by atoms with van der Waals surface area (Å²) in [5.41, 5.74) is -1.17. The van der Waals surface area contributed by atoms with Crippen LogP contribution in [0.25, 0.3) is 5.76 Å². The highest BCUT2D eigenvalue weighted by Gasteiger charge is 2.43. The monoisotopic (exact) mass is 444 g/mol. The van der Waals surface area contributed by atoms with Gasteiger partial charge in [0, 0.05) is 5.56 Å². The van der Waals surface area contributed by atoms with E-state index in [1.807, 2.05) is 0 Å². The predicted molar refractivity (Wildman–Crippen MR) is 115 cm³/mol. The summed E-state index contributed by atoms with van der Waals surface area (Å²) in [4.78, 5) is 20.0. The molecular formula is C22H21O6PS. The van der Waals surface area contributed by atoms with Crippen molar-refractivity contribution in [3.05, 3.63) is 107 Å². The molecule has 0 saturated carbocycles. The predicted octanol–water partition coefficient (Wildman–Crippen LogP) is 4.39. The molecule has 0 amide bonds. The fraction of sp³-hybridized carbons (Fsp3) is 0.0909. The lowest BCUT2D eigenvalue weighted by molar-refractivity contribution is 0.355. The molecule has 3 aromatic rings. The van der Waals surface area contributed by atoms with Crippen LogP contribution in [0.1, 0.15) is 16.8 Å². The first-order valence-corrected chi connectivity index (χ1v) is 12.2. The maximum absolute atomic E-state index is 13.7. The molecule has 0 saturated heterocycles. The smallest absolute Gasteiger partial charge is 0.338 e. The molecule has 0 aliphatic rings. The van der Waals surface area contributed by atoms with E-state index in [0.717, 1.165) is 0 Å². The fourth-order valence-electron chi connectivity index (χ4n) is 3.20. The van der Waals surface area contributed by atoms with Crippen molar-refractivity contribution >= 4 is 23.2 Å². The summed E-state index contributed by atoms with van der Waals surface area (Å²) in [5.74, 6) is -0.114. The van der Waals surface area contributed by atoms with E-state index in [1.165, 1.54) is 31.4 Å². The number of benzene rings is 3. The van der Waals surface area contributed by atoms with Crippen LogP contribution in [0.15, 0.2) is 101 Å². The van der Waals surface area contributed by atoms with Gasteiger partial charge in [0.05, 0.1) is 12.0 Å². The minimum Gasteiger partial charge on any atom is -0.495 e. The summed E-state index contributed by atoms with van der Waals surface area (Å²) in [6.07, 6.45) is 0. The number of sulfone groups is 1. The lowest BCUT2D eigenvalue weighted by atomic mass is 10.1. The second-order valence-electron chi connectivity index (χ2n) is 6.48. The first-order chi connectivity index (χ1) is 14.3. The largest absolute Gasteiger partial charge is 0.495 e. The minimum absolute atomic E-state index is 0.0835. The number of methoxy groups -OCH3 is 1. The summed E-state index contributed by atoms with van der Waals surface area (Å²) in [7, 11) is -8.02. The van der Waals surface area contributed by atoms with E-state index in [9.17, 15) is 22.8 Å². The van der Waals surface area contributed by atoms with E-state index in [4.69, 9.17) is 4.74 Å². The summed E-state index contributed by atoms with van der Waals surface area (Å²) >= 11 is 0. The molecule has 0 heterocycles. The van der Waals surface area contributed by atoms with Crippen molar-refractivity contribution in [2.75, 3.05) is 7.11 Å². The summed E-state index contributed by atoms with van der Waals surface area (Å²) in [6, 6.07) is 23.8. The zero-order chi connectivity index (χ0) is 21.8. The van der Waals surface area contributed by atoms with Crippen LogP contribution < -0.4 is 0 Å². The SMILES string of the molecule is COC(=C(C(c1ccccc1)P(=O)(O)O)S(=O)(=O)c1ccccc1)c1ccccc1. The number of ether oxygens (including phenoxy) is 1. The van der Waals surface area contributed by atoms with E-state index < -0.39 is 28.0 Å². The second kappa shape index (κ2) is 8.98. The third-order valence-electron chi connectivity index (χ3n) is 4.51. The van der Waals surface area contributed by atoms with Gasteiger partial charge in [-0.3, -0.25) is 4.57 Å². The van der Waals surface area contributed by atoms with Crippen LogP contribution >= 0.6 is 7.60 Å². The number of rotatable bonds is 7. The van der Waals surface area contributed by atoms with Crippen LogP contribution in [0.5, 0.6) is 0 Å². The highest BCUT2D eigenvalue weighted by Crippen LogP contribution is 2.59. The van der Waals surface area contributed by atoms with E-state index in [1.54, 1.807) is 66.7 Å². The zero-order valence-electron chi connectivity index (χ0n) is 16.1. The molecule has 1 atom stereocenters. The molecule has 0 bridgehead atoms. The summed E-state index contributed by atoms with van der Waals surface area (Å²) in [6.45, 7) is 0. The molecule has 3 aromatic carbocycles. The molecule has 3 rings (SSSR count). The van der Waals surface area contributed by atoms with Gasteiger partial charge < -0.3 is 14.5 Å². The van der Waals surface area contributed by atoms with Crippen LogP contribution in [0.4, 0.5) is 0 Å². The van der Waals surface area contributed by atoms with E-state index in [2.05, 4.69) is 0 Å². The Balaban J connectivity index is 2.43. The molecule has 0 radical (unpaired) electrons. The average Bonchev–Trinajstić information content (AvgIpc) is 2.75. The molecule has 0 aliphatic heterocycles. The third-order valence-corrected chi connectivity index (χ3v) is 7.80. The first kappa shape index (κ1) is 22.0. The van der Waals surface area contributed by atoms with Crippen molar-refractivity contribution in [2.24, 2.45) is 0 Å². The van der Waals surface area contributed by atoms with Gasteiger partial charge >= 0.3 is 7.60 Å². The van der Waals surface area contributed by atoms with Crippen molar-refractivity contribution < 1.29 is 27.5 Å². The maximum Gasteiger partial charge on any atom is 0.338 e. The topological polar surface area (TPSA) is 101 Å². The van der Waals surface area contributed by atoms with Gasteiger partial charge in [0.1, 0.15) is 16.3 Å². The highest BCUT2D eigenvalue weighted by atomic mass is 32.2. The van der Waals surface area contributed by atoms with Gasteiger partial charge in [-0.05, 0) is 17.7 Å². The molecule has 0 fully saturated rings. The van der Waals surface area contributed by atoms with Gasteiger partial charge in [-0.25, -0.2) is 8.42 Å². The Morgan fingerprint density at radius 1 is 0.833 bits per heavy atom. The molecule has 0 aliphatic carbocycles. The van der Waals surface area contributed by atoms with Gasteiger partial charge in [-0.1, -0.05) is 78.9 Å². The van der Waals surface area contributed by atoms with Crippen LogP contribution in [-0.4, -0.2) is 25.3 Å². The molecule has 156 valence electrons. The Morgan fingerprint density at radius 2 is 1.30 bits per heavy atom. The summed E-state index contributed by atoms with van der Waals surface area (Å²) < 4.78 is 45.5. The van der Waals surface area contributed by atoms with E-state index >= 15 is 0 Å². The highest BCUT2D eigenvalue weighted by molar-refractivity contribution is 7.96. The van der Waals surface area contributed by atoms with Crippen molar-refractivity contribution in [2.45, 2.75) is 10.6 Å². The van der Waals surface area contributed by atoms with Gasteiger partial charge in [-0.2, -0.15) is 0 Å². The van der Waals surface area contributed by atoms with Crippen LogP contribution in [0, 0.1) is 0 Å². The molecule has 6 nitrogen and oxygen atoms in total. The number of hydrogen-bond donors (Lipinski definition) is 2. The lowest BCUT2D eigenvalue weighted by Crippen LogP contribution is -2.17. The van der Waals surface area contributed by atoms with E-state index in [-0.39, 0.29) is 16.2 Å². The van der Waals surface area contributed by atoms with Gasteiger partial charge in [0.15, 0.2) is 0 Å². The fourth-order valence-corrected chi connectivity index (χ4v) is 6.66. The van der Waals surface area contributed by atoms with Crippen LogP contribution in [-0.2, 0) is 19.1 Å². The molecule has 2 N–H and O–H groups in total. The molecule has 0 spiro atoms. The zero-order valence-corrected chi connectivity index (χ0v) is 17.8. The quantitative estimate of drug-likeness (QED) is 0.414. The van der Waals surface area contributed by atoms with Crippen molar-refractivity contribution in [3.8, 4) is 0 Å². The Bertz CT molecular complexity index is 1170. The van der Waals surface area contributed by atoms with Gasteiger partial charge in [-0.15, -0.1) is 0 Å². The molecule has 1 unspecified atom stereocenters. The Hall–Kier alpha value is -2.70. The number of allylic oxidation sites excluding steroid dienone is 1. The maximum atomic E-state index is 13.7. The first-order valence-electron chi connectivity index (χ1n) is 9.00. The molecule has 30 heavy (non-hydrogen) atoms. The lowest BCUT2D eigenvalue weighted by Gasteiger charge is -2.25. The van der Waals surface area contributed by atoms with E-state index in [0.29, 0.717) is 5.56 Å². The Labute approximate surface area is 175 Å². The number of hydrogen-bond acceptors (Lipinski definition) is 4. The standard InChI is InChI=1S/C22H21O6PS/c1-28-20(17-11-5-2-6-12-17)22(30(26,27)19-15-9-4-10-16-19)21(29(23,24)25)18-13-7-3-8-14-18/h2-16,21H,1H3,(H2,23,24,25). The summed E-state index contributed by atoms with van der Waals surface area (Å²) in [5, 5.41) is 0.